The van der Waals surface area contributed by atoms with E-state index in [0.717, 1.165) is 12.8 Å². The fraction of sp³-hybridized carbons (Fsp3) is 0.667. The van der Waals surface area contributed by atoms with E-state index in [4.69, 9.17) is 11.6 Å². The second-order valence-corrected chi connectivity index (χ2v) is 4.57. The van der Waals surface area contributed by atoms with Crippen molar-refractivity contribution in [1.82, 2.24) is 9.97 Å². The summed E-state index contributed by atoms with van der Waals surface area (Å²) in [5.74, 6) is 1.34. The maximum absolute atomic E-state index is 10.0. The Hall–Kier alpha value is -1.07. The number of hydrogen-bond acceptors (Lipinski definition) is 5. The Bertz CT molecular complexity index is 371. The van der Waals surface area contributed by atoms with Gasteiger partial charge in [-0.15, -0.1) is 0 Å². The largest absolute Gasteiger partial charge is 0.391 e. The minimum Gasteiger partial charge on any atom is -0.391 e. The Labute approximate surface area is 113 Å². The average Bonchev–Trinajstić information content (AvgIpc) is 2.39. The van der Waals surface area contributed by atoms with Gasteiger partial charge in [0.2, 0.25) is 5.95 Å². The van der Waals surface area contributed by atoms with Gasteiger partial charge in [0, 0.05) is 13.6 Å². The number of halogens is 1. The Morgan fingerprint density at radius 1 is 1.39 bits per heavy atom. The summed E-state index contributed by atoms with van der Waals surface area (Å²) >= 11 is 5.99. The van der Waals surface area contributed by atoms with Gasteiger partial charge in [0.05, 0.1) is 12.3 Å². The molecule has 0 radical (unpaired) electrons. The molecule has 18 heavy (non-hydrogen) atoms. The molecule has 0 aliphatic carbocycles. The van der Waals surface area contributed by atoms with Crippen molar-refractivity contribution in [3.05, 3.63) is 11.2 Å². The Morgan fingerprint density at radius 2 is 2.06 bits per heavy atom. The number of rotatable bonds is 7. The molecule has 3 N–H and O–H groups in total. The normalized spacial score (nSPS) is 12.6. The quantitative estimate of drug-likeness (QED) is 0.711. The molecule has 0 fully saturated rings. The van der Waals surface area contributed by atoms with E-state index in [1.165, 1.54) is 6.20 Å². The number of anilines is 2. The highest BCUT2D eigenvalue weighted by atomic mass is 35.5. The molecule has 0 aliphatic rings. The minimum atomic E-state index is -0.399. The fourth-order valence-corrected chi connectivity index (χ4v) is 1.97. The van der Waals surface area contributed by atoms with Crippen LogP contribution in [0.25, 0.3) is 0 Å². The predicted octanol–water partition coefficient (Wildman–Crippen LogP) is 2.38. The first-order chi connectivity index (χ1) is 8.62. The lowest BCUT2D eigenvalue weighted by molar-refractivity contribution is 0.114. The highest BCUT2D eigenvalue weighted by Crippen LogP contribution is 2.20. The lowest BCUT2D eigenvalue weighted by atomic mass is 9.97. The first kappa shape index (κ1) is 15.0. The highest BCUT2D eigenvalue weighted by molar-refractivity contribution is 6.32. The van der Waals surface area contributed by atoms with E-state index < -0.39 is 6.10 Å². The van der Waals surface area contributed by atoms with Crippen LogP contribution in [-0.2, 0) is 0 Å². The summed E-state index contributed by atoms with van der Waals surface area (Å²) in [4.78, 5) is 8.19. The van der Waals surface area contributed by atoms with Crippen molar-refractivity contribution in [2.45, 2.75) is 32.8 Å². The van der Waals surface area contributed by atoms with Crippen molar-refractivity contribution in [3.63, 3.8) is 0 Å². The van der Waals surface area contributed by atoms with Gasteiger partial charge in [-0.3, -0.25) is 0 Å². The molecule has 1 unspecified atom stereocenters. The summed E-state index contributed by atoms with van der Waals surface area (Å²) in [6.07, 6.45) is 3.05. The molecule has 0 spiro atoms. The number of aliphatic hydroxyl groups is 1. The van der Waals surface area contributed by atoms with Crippen LogP contribution in [-0.4, -0.2) is 34.8 Å². The molecule has 0 saturated heterocycles. The smallest absolute Gasteiger partial charge is 0.224 e. The Kier molecular flexibility index (Phi) is 6.15. The standard InChI is InChI=1S/C12H21ClN4O/c1-4-8(5-2)10(18)7-15-11-9(13)6-16-12(14-3)17-11/h6,8,10,18H,4-5,7H2,1-3H3,(H2,14,15,16,17). The maximum atomic E-state index is 10.0. The molecular formula is C12H21ClN4O. The summed E-state index contributed by atoms with van der Waals surface area (Å²) in [7, 11) is 1.74. The molecule has 0 amide bonds. The van der Waals surface area contributed by atoms with E-state index in [2.05, 4.69) is 34.4 Å². The van der Waals surface area contributed by atoms with Crippen molar-refractivity contribution in [2.24, 2.45) is 5.92 Å². The van der Waals surface area contributed by atoms with Crippen LogP contribution < -0.4 is 10.6 Å². The van der Waals surface area contributed by atoms with Gasteiger partial charge in [-0.25, -0.2) is 4.98 Å². The van der Waals surface area contributed by atoms with Gasteiger partial charge in [-0.1, -0.05) is 38.3 Å². The molecular weight excluding hydrogens is 252 g/mol. The third-order valence-corrected chi connectivity index (χ3v) is 3.32. The van der Waals surface area contributed by atoms with E-state index in [9.17, 15) is 5.11 Å². The van der Waals surface area contributed by atoms with Crippen LogP contribution in [0, 0.1) is 5.92 Å². The maximum Gasteiger partial charge on any atom is 0.224 e. The summed E-state index contributed by atoms with van der Waals surface area (Å²) in [6, 6.07) is 0. The lowest BCUT2D eigenvalue weighted by Gasteiger charge is -2.20. The topological polar surface area (TPSA) is 70.1 Å². The average molecular weight is 273 g/mol. The van der Waals surface area contributed by atoms with E-state index in [0.29, 0.717) is 29.3 Å². The van der Waals surface area contributed by atoms with Crippen LogP contribution in [0.4, 0.5) is 11.8 Å². The van der Waals surface area contributed by atoms with Gasteiger partial charge in [0.1, 0.15) is 5.02 Å². The summed E-state index contributed by atoms with van der Waals surface area (Å²) in [5.41, 5.74) is 0. The van der Waals surface area contributed by atoms with Crippen LogP contribution >= 0.6 is 11.6 Å². The summed E-state index contributed by atoms with van der Waals surface area (Å²) in [6.45, 7) is 4.59. The van der Waals surface area contributed by atoms with Crippen molar-refractivity contribution in [3.8, 4) is 0 Å². The van der Waals surface area contributed by atoms with Gasteiger partial charge in [0.25, 0.3) is 0 Å². The molecule has 0 aliphatic heterocycles. The van der Waals surface area contributed by atoms with E-state index >= 15 is 0 Å². The minimum absolute atomic E-state index is 0.293. The first-order valence-electron chi connectivity index (χ1n) is 6.24. The van der Waals surface area contributed by atoms with Crippen LogP contribution in [0.1, 0.15) is 26.7 Å². The third-order valence-electron chi connectivity index (χ3n) is 3.04. The van der Waals surface area contributed by atoms with Gasteiger partial charge >= 0.3 is 0 Å². The fourth-order valence-electron chi connectivity index (χ4n) is 1.81. The number of nitrogens with one attached hydrogen (secondary N) is 2. The second kappa shape index (κ2) is 7.38. The van der Waals surface area contributed by atoms with Gasteiger partial charge in [0.15, 0.2) is 5.82 Å². The Morgan fingerprint density at radius 3 is 2.61 bits per heavy atom. The predicted molar refractivity (Wildman–Crippen MR) is 75.2 cm³/mol. The molecule has 0 bridgehead atoms. The van der Waals surface area contributed by atoms with Crippen LogP contribution in [0.15, 0.2) is 6.20 Å². The van der Waals surface area contributed by atoms with E-state index in [1.807, 2.05) is 0 Å². The zero-order valence-corrected chi connectivity index (χ0v) is 11.8. The molecule has 6 heteroatoms. The molecule has 0 saturated carbocycles. The molecule has 5 nitrogen and oxygen atoms in total. The molecule has 1 aromatic heterocycles. The highest BCUT2D eigenvalue weighted by Gasteiger charge is 2.16. The number of aromatic nitrogens is 2. The SMILES string of the molecule is CCC(CC)C(O)CNc1nc(NC)ncc1Cl. The van der Waals surface area contributed by atoms with Gasteiger partial charge in [-0.2, -0.15) is 4.98 Å². The van der Waals surface area contributed by atoms with Gasteiger partial charge < -0.3 is 15.7 Å². The number of nitrogens with zero attached hydrogens (tertiary/aromatic N) is 2. The molecule has 1 aromatic rings. The summed E-state index contributed by atoms with van der Waals surface area (Å²) in [5, 5.41) is 16.4. The third kappa shape index (κ3) is 3.99. The first-order valence-corrected chi connectivity index (χ1v) is 6.62. The molecule has 1 rings (SSSR count). The van der Waals surface area contributed by atoms with Crippen molar-refractivity contribution >= 4 is 23.4 Å². The number of hydrogen-bond donors (Lipinski definition) is 3. The van der Waals surface area contributed by atoms with E-state index in [1.54, 1.807) is 7.05 Å². The lowest BCUT2D eigenvalue weighted by Crippen LogP contribution is -2.28. The molecule has 0 aromatic carbocycles. The molecule has 102 valence electrons. The monoisotopic (exact) mass is 272 g/mol. The van der Waals surface area contributed by atoms with Crippen LogP contribution in [0.3, 0.4) is 0 Å². The zero-order valence-electron chi connectivity index (χ0n) is 11.1. The number of aliphatic hydroxyl groups excluding tert-OH is 1. The Balaban J connectivity index is 2.62. The second-order valence-electron chi connectivity index (χ2n) is 4.16. The van der Waals surface area contributed by atoms with Crippen molar-refractivity contribution in [1.29, 1.82) is 0 Å². The van der Waals surface area contributed by atoms with Crippen molar-refractivity contribution in [2.75, 3.05) is 24.2 Å². The molecule has 1 atom stereocenters. The zero-order chi connectivity index (χ0) is 13.5. The van der Waals surface area contributed by atoms with Gasteiger partial charge in [-0.05, 0) is 5.92 Å². The van der Waals surface area contributed by atoms with Crippen LogP contribution in [0.2, 0.25) is 5.02 Å². The molecule has 1 heterocycles. The van der Waals surface area contributed by atoms with Crippen LogP contribution in [0.5, 0.6) is 0 Å². The van der Waals surface area contributed by atoms with Crippen molar-refractivity contribution < 1.29 is 5.11 Å². The van der Waals surface area contributed by atoms with E-state index in [-0.39, 0.29) is 0 Å². The summed E-state index contributed by atoms with van der Waals surface area (Å²) < 4.78 is 0.